The van der Waals surface area contributed by atoms with Gasteiger partial charge in [-0.25, -0.2) is 0 Å². The lowest BCUT2D eigenvalue weighted by Gasteiger charge is -2.18. The monoisotopic (exact) mass is 487 g/mol. The van der Waals surface area contributed by atoms with Crippen LogP contribution < -0.4 is 10.2 Å². The molecule has 1 N–H and O–H groups in total. The van der Waals surface area contributed by atoms with Gasteiger partial charge in [0, 0.05) is 53.3 Å². The van der Waals surface area contributed by atoms with E-state index in [0.29, 0.717) is 0 Å². The Bertz CT molecular complexity index is 791. The third-order valence-electron chi connectivity index (χ3n) is 4.59. The quantitative estimate of drug-likeness (QED) is 0.313. The molecule has 0 fully saturated rings. The van der Waals surface area contributed by atoms with Gasteiger partial charge in [-0.3, -0.25) is 4.99 Å². The third-order valence-corrected chi connectivity index (χ3v) is 5.31. The average Bonchev–Trinajstić information content (AvgIpc) is 2.95. The number of likely N-dealkylation sites (N-methyl/N-ethyl adjacent to an activating group) is 2. The van der Waals surface area contributed by atoms with Crippen LogP contribution in [0.5, 0.6) is 0 Å². The van der Waals surface area contributed by atoms with Crippen LogP contribution in [0, 0.1) is 11.8 Å². The summed E-state index contributed by atoms with van der Waals surface area (Å²) in [6, 6.07) is 8.50. The van der Waals surface area contributed by atoms with Crippen molar-refractivity contribution in [1.82, 2.24) is 5.32 Å². The molecule has 0 bridgehead atoms. The van der Waals surface area contributed by atoms with Crippen molar-refractivity contribution in [1.29, 1.82) is 0 Å². The molecule has 0 aromatic heterocycles. The van der Waals surface area contributed by atoms with E-state index in [2.05, 4.69) is 93.6 Å². The van der Waals surface area contributed by atoms with Crippen molar-refractivity contribution < 1.29 is 0 Å². The zero-order chi connectivity index (χ0) is 20.2. The Labute approximate surface area is 183 Å². The summed E-state index contributed by atoms with van der Waals surface area (Å²) in [5.41, 5.74) is 4.75. The first-order chi connectivity index (χ1) is 13.6. The molecule has 0 saturated heterocycles. The molecule has 0 spiro atoms. The van der Waals surface area contributed by atoms with Crippen molar-refractivity contribution in [3.05, 3.63) is 63.9 Å². The molecule has 4 heteroatoms. The SMILES string of the molecule is C=CC/C(I)=C\N=C1CC=C(C#Cc2ccc(N(C)CCNC)cc2)CCC1. The summed E-state index contributed by atoms with van der Waals surface area (Å²) in [6.07, 6.45) is 11.1. The minimum atomic E-state index is 0.883. The molecule has 0 amide bonds. The summed E-state index contributed by atoms with van der Waals surface area (Å²) in [5, 5.41) is 3.18. The average molecular weight is 487 g/mol. The number of benzene rings is 1. The number of allylic oxidation sites excluding steroid dienone is 4. The van der Waals surface area contributed by atoms with E-state index >= 15 is 0 Å². The molecule has 0 atom stereocenters. The Kier molecular flexibility index (Phi) is 10.1. The van der Waals surface area contributed by atoms with Gasteiger partial charge in [-0.2, -0.15) is 0 Å². The molecule has 3 nitrogen and oxygen atoms in total. The van der Waals surface area contributed by atoms with Gasteiger partial charge in [-0.05, 0) is 85.2 Å². The number of nitrogens with one attached hydrogen (secondary N) is 1. The van der Waals surface area contributed by atoms with E-state index in [-0.39, 0.29) is 0 Å². The summed E-state index contributed by atoms with van der Waals surface area (Å²) < 4.78 is 1.22. The molecule has 1 aliphatic carbocycles. The zero-order valence-corrected chi connectivity index (χ0v) is 19.1. The number of hydrogen-bond donors (Lipinski definition) is 1. The highest BCUT2D eigenvalue weighted by Crippen LogP contribution is 2.18. The van der Waals surface area contributed by atoms with Crippen LogP contribution in [0.2, 0.25) is 0 Å². The molecule has 1 aromatic carbocycles. The molecule has 1 aromatic rings. The first kappa shape index (κ1) is 22.4. The highest BCUT2D eigenvalue weighted by molar-refractivity contribution is 14.1. The van der Waals surface area contributed by atoms with Gasteiger partial charge in [-0.15, -0.1) is 6.58 Å². The number of rotatable bonds is 7. The second kappa shape index (κ2) is 12.6. The molecule has 0 aliphatic heterocycles. The second-order valence-electron chi connectivity index (χ2n) is 6.87. The smallest absolute Gasteiger partial charge is 0.0364 e. The molecule has 0 radical (unpaired) electrons. The molecular weight excluding hydrogens is 457 g/mol. The molecule has 0 unspecified atom stereocenters. The van der Waals surface area contributed by atoms with Gasteiger partial charge in [0.1, 0.15) is 0 Å². The van der Waals surface area contributed by atoms with Gasteiger partial charge >= 0.3 is 0 Å². The first-order valence-electron chi connectivity index (χ1n) is 9.80. The number of aliphatic imine (C=N–C) groups is 1. The Balaban J connectivity index is 1.98. The van der Waals surface area contributed by atoms with Crippen molar-refractivity contribution in [3.8, 4) is 11.8 Å². The maximum atomic E-state index is 4.66. The van der Waals surface area contributed by atoms with Crippen molar-refractivity contribution in [2.24, 2.45) is 4.99 Å². The van der Waals surface area contributed by atoms with Gasteiger partial charge in [-0.1, -0.05) is 24.0 Å². The molecule has 28 heavy (non-hydrogen) atoms. The normalized spacial score (nSPS) is 16.0. The first-order valence-corrected chi connectivity index (χ1v) is 10.9. The van der Waals surface area contributed by atoms with E-state index in [1.54, 1.807) is 0 Å². The van der Waals surface area contributed by atoms with Gasteiger partial charge in [0.25, 0.3) is 0 Å². The Morgan fingerprint density at radius 1 is 1.29 bits per heavy atom. The Morgan fingerprint density at radius 2 is 2.07 bits per heavy atom. The molecule has 0 saturated carbocycles. The van der Waals surface area contributed by atoms with Crippen molar-refractivity contribution in [2.75, 3.05) is 32.1 Å². The standard InChI is InChI=1S/C24H30IN3/c1-4-6-22(25)19-27-23-8-5-7-20(11-14-23)9-10-21-12-15-24(16-13-21)28(3)18-17-26-2/h4,11-13,15-16,19,26H,1,5-8,14,17-18H2,2-3H3/b22-19+,27-23?. The number of halogens is 1. The Morgan fingerprint density at radius 3 is 2.79 bits per heavy atom. The maximum absolute atomic E-state index is 4.66. The lowest BCUT2D eigenvalue weighted by molar-refractivity contribution is 0.768. The largest absolute Gasteiger partial charge is 0.373 e. The Hall–Kier alpha value is -1.84. The van der Waals surface area contributed by atoms with E-state index in [1.165, 1.54) is 20.6 Å². The van der Waals surface area contributed by atoms with E-state index in [9.17, 15) is 0 Å². The van der Waals surface area contributed by atoms with Crippen LogP contribution in [0.15, 0.2) is 63.3 Å². The zero-order valence-electron chi connectivity index (χ0n) is 17.0. The molecule has 0 heterocycles. The highest BCUT2D eigenvalue weighted by Gasteiger charge is 2.06. The van der Waals surface area contributed by atoms with Crippen LogP contribution in [-0.4, -0.2) is 32.9 Å². The summed E-state index contributed by atoms with van der Waals surface area (Å²) in [6.45, 7) is 5.73. The lowest BCUT2D eigenvalue weighted by Crippen LogP contribution is -2.26. The highest BCUT2D eigenvalue weighted by atomic mass is 127. The lowest BCUT2D eigenvalue weighted by atomic mass is 10.1. The molecule has 1 aliphatic rings. The van der Waals surface area contributed by atoms with E-state index < -0.39 is 0 Å². The number of anilines is 1. The van der Waals surface area contributed by atoms with E-state index in [0.717, 1.165) is 50.8 Å². The van der Waals surface area contributed by atoms with Crippen LogP contribution >= 0.6 is 22.6 Å². The van der Waals surface area contributed by atoms with Crippen LogP contribution in [0.1, 0.15) is 37.7 Å². The fourth-order valence-corrected chi connectivity index (χ4v) is 3.32. The maximum Gasteiger partial charge on any atom is 0.0364 e. The summed E-state index contributed by atoms with van der Waals surface area (Å²) in [5.74, 6) is 6.69. The minimum Gasteiger partial charge on any atom is -0.373 e. The van der Waals surface area contributed by atoms with Crippen LogP contribution in [0.3, 0.4) is 0 Å². The molecular formula is C24H30IN3. The fraction of sp³-hybridized carbons (Fsp3) is 0.375. The van der Waals surface area contributed by atoms with Gasteiger partial charge in [0.2, 0.25) is 0 Å². The molecule has 2 rings (SSSR count). The van der Waals surface area contributed by atoms with Crippen molar-refractivity contribution in [2.45, 2.75) is 32.1 Å². The summed E-state index contributed by atoms with van der Waals surface area (Å²) >= 11 is 2.32. The topological polar surface area (TPSA) is 27.6 Å². The van der Waals surface area contributed by atoms with Crippen LogP contribution in [0.25, 0.3) is 0 Å². The van der Waals surface area contributed by atoms with Gasteiger partial charge in [0.05, 0.1) is 0 Å². The molecule has 148 valence electrons. The van der Waals surface area contributed by atoms with Gasteiger partial charge < -0.3 is 10.2 Å². The van der Waals surface area contributed by atoms with E-state index in [4.69, 9.17) is 0 Å². The summed E-state index contributed by atoms with van der Waals surface area (Å²) in [4.78, 5) is 6.90. The second-order valence-corrected chi connectivity index (χ2v) is 8.26. The third kappa shape index (κ3) is 8.04. The summed E-state index contributed by atoms with van der Waals surface area (Å²) in [7, 11) is 4.09. The van der Waals surface area contributed by atoms with E-state index in [1.807, 2.05) is 19.3 Å². The van der Waals surface area contributed by atoms with Crippen LogP contribution in [-0.2, 0) is 0 Å². The minimum absolute atomic E-state index is 0.883. The van der Waals surface area contributed by atoms with Crippen molar-refractivity contribution >= 4 is 34.0 Å². The predicted octanol–water partition coefficient (Wildman–Crippen LogP) is 5.49. The number of hydrogen-bond acceptors (Lipinski definition) is 3. The number of nitrogens with zero attached hydrogens (tertiary/aromatic N) is 2. The predicted molar refractivity (Wildman–Crippen MR) is 131 cm³/mol. The van der Waals surface area contributed by atoms with Crippen LogP contribution in [0.4, 0.5) is 5.69 Å². The van der Waals surface area contributed by atoms with Gasteiger partial charge in [0.15, 0.2) is 0 Å². The fourth-order valence-electron chi connectivity index (χ4n) is 2.87. The van der Waals surface area contributed by atoms with Crippen molar-refractivity contribution in [3.63, 3.8) is 0 Å².